The number of amides is 3. The van der Waals surface area contributed by atoms with E-state index in [-0.39, 0.29) is 24.3 Å². The molecule has 3 aromatic carbocycles. The van der Waals surface area contributed by atoms with Gasteiger partial charge in [0.1, 0.15) is 6.54 Å². The van der Waals surface area contributed by atoms with Crippen molar-refractivity contribution in [2.45, 2.75) is 6.04 Å². The molecule has 8 nitrogen and oxygen atoms in total. The molecule has 0 bridgehead atoms. The number of para-hydroxylation sites is 2. The molecule has 0 spiro atoms. The standard InChI is InChI=1S/C26H21N5O3/c32-23-17-30(22-10-5-4-9-21(22)29-23)26(34)19-11-13-20(14-12-19)28-25(33)24(31-16-6-15-27-31)18-7-2-1-3-8-18/h1-16,24H,17H2,(H,28,33)(H,29,32). The Hall–Kier alpha value is -4.72. The van der Waals surface area contributed by atoms with Gasteiger partial charge < -0.3 is 10.6 Å². The zero-order chi connectivity index (χ0) is 23.5. The summed E-state index contributed by atoms with van der Waals surface area (Å²) >= 11 is 0. The molecule has 0 saturated heterocycles. The monoisotopic (exact) mass is 451 g/mol. The van der Waals surface area contributed by atoms with Gasteiger partial charge in [-0.3, -0.25) is 24.0 Å². The van der Waals surface area contributed by atoms with Gasteiger partial charge in [-0.05, 0) is 48.0 Å². The summed E-state index contributed by atoms with van der Waals surface area (Å²) in [5, 5.41) is 9.93. The van der Waals surface area contributed by atoms with Crippen LogP contribution in [0.5, 0.6) is 0 Å². The van der Waals surface area contributed by atoms with Crippen LogP contribution < -0.4 is 15.5 Å². The van der Waals surface area contributed by atoms with Gasteiger partial charge in [-0.25, -0.2) is 0 Å². The van der Waals surface area contributed by atoms with Crippen LogP contribution in [0.15, 0.2) is 97.3 Å². The molecule has 0 aliphatic carbocycles. The summed E-state index contributed by atoms with van der Waals surface area (Å²) < 4.78 is 1.60. The van der Waals surface area contributed by atoms with Crippen LogP contribution in [0.2, 0.25) is 0 Å². The van der Waals surface area contributed by atoms with E-state index in [4.69, 9.17) is 0 Å². The van der Waals surface area contributed by atoms with E-state index in [1.54, 1.807) is 65.6 Å². The molecule has 0 fully saturated rings. The highest BCUT2D eigenvalue weighted by Gasteiger charge is 2.28. The SMILES string of the molecule is O=C1CN(C(=O)c2ccc(NC(=O)C(c3ccccc3)n3cccn3)cc2)c2ccccc2N1. The molecule has 8 heteroatoms. The number of hydrogen-bond donors (Lipinski definition) is 2. The number of fused-ring (bicyclic) bond motifs is 1. The highest BCUT2D eigenvalue weighted by atomic mass is 16.2. The number of nitrogens with one attached hydrogen (secondary N) is 2. The zero-order valence-electron chi connectivity index (χ0n) is 18.1. The first-order valence-electron chi connectivity index (χ1n) is 10.8. The molecule has 1 aromatic heterocycles. The second kappa shape index (κ2) is 9.03. The van der Waals surface area contributed by atoms with Crippen LogP contribution in [-0.4, -0.2) is 34.0 Å². The van der Waals surface area contributed by atoms with Crippen LogP contribution in [0.3, 0.4) is 0 Å². The third-order valence-electron chi connectivity index (χ3n) is 5.57. The number of aromatic nitrogens is 2. The van der Waals surface area contributed by atoms with Crippen LogP contribution in [-0.2, 0) is 9.59 Å². The molecule has 1 aliphatic rings. The maximum absolute atomic E-state index is 13.2. The molecule has 4 aromatic rings. The third-order valence-corrected chi connectivity index (χ3v) is 5.57. The minimum absolute atomic E-state index is 0.0586. The molecule has 1 atom stereocenters. The van der Waals surface area contributed by atoms with Crippen molar-refractivity contribution in [3.8, 4) is 0 Å². The first-order valence-corrected chi connectivity index (χ1v) is 10.8. The first-order chi connectivity index (χ1) is 16.6. The Morgan fingerprint density at radius 1 is 0.912 bits per heavy atom. The highest BCUT2D eigenvalue weighted by Crippen LogP contribution is 2.30. The molecule has 2 heterocycles. The lowest BCUT2D eigenvalue weighted by molar-refractivity contribution is -0.118. The maximum atomic E-state index is 13.2. The maximum Gasteiger partial charge on any atom is 0.258 e. The van der Waals surface area contributed by atoms with E-state index in [1.165, 1.54) is 4.90 Å². The predicted molar refractivity (Wildman–Crippen MR) is 129 cm³/mol. The van der Waals surface area contributed by atoms with Crippen molar-refractivity contribution >= 4 is 34.8 Å². The van der Waals surface area contributed by atoms with Gasteiger partial charge in [-0.15, -0.1) is 0 Å². The van der Waals surface area contributed by atoms with Crippen molar-refractivity contribution in [1.29, 1.82) is 0 Å². The molecule has 5 rings (SSSR count). The summed E-state index contributed by atoms with van der Waals surface area (Å²) in [6, 6.07) is 24.3. The molecular formula is C26H21N5O3. The third kappa shape index (κ3) is 4.16. The molecule has 1 aliphatic heterocycles. The van der Waals surface area contributed by atoms with E-state index in [9.17, 15) is 14.4 Å². The number of rotatable bonds is 5. The summed E-state index contributed by atoms with van der Waals surface area (Å²) in [5.41, 5.74) is 3.01. The molecule has 2 N–H and O–H groups in total. The normalized spacial score (nSPS) is 13.5. The van der Waals surface area contributed by atoms with E-state index in [0.29, 0.717) is 22.6 Å². The van der Waals surface area contributed by atoms with Crippen molar-refractivity contribution < 1.29 is 14.4 Å². The van der Waals surface area contributed by atoms with Crippen molar-refractivity contribution in [3.63, 3.8) is 0 Å². The summed E-state index contributed by atoms with van der Waals surface area (Å²) in [6.07, 6.45) is 3.37. The van der Waals surface area contributed by atoms with Crippen molar-refractivity contribution in [3.05, 3.63) is 108 Å². The average molecular weight is 451 g/mol. The Balaban J connectivity index is 1.35. The first kappa shape index (κ1) is 21.1. The van der Waals surface area contributed by atoms with Crippen LogP contribution in [0.25, 0.3) is 0 Å². The molecule has 0 radical (unpaired) electrons. The van der Waals surface area contributed by atoms with E-state index in [2.05, 4.69) is 15.7 Å². The Morgan fingerprint density at radius 3 is 2.38 bits per heavy atom. The Kier molecular flexibility index (Phi) is 5.61. The van der Waals surface area contributed by atoms with E-state index in [1.807, 2.05) is 36.4 Å². The largest absolute Gasteiger partial charge is 0.324 e. The van der Waals surface area contributed by atoms with E-state index >= 15 is 0 Å². The van der Waals surface area contributed by atoms with Gasteiger partial charge in [0.05, 0.1) is 11.4 Å². The molecule has 168 valence electrons. The summed E-state index contributed by atoms with van der Waals surface area (Å²) in [6.45, 7) is -0.0586. The Morgan fingerprint density at radius 2 is 1.65 bits per heavy atom. The van der Waals surface area contributed by atoms with Gasteiger partial charge in [0, 0.05) is 23.6 Å². The molecule has 0 saturated carbocycles. The van der Waals surface area contributed by atoms with E-state index < -0.39 is 6.04 Å². The highest BCUT2D eigenvalue weighted by molar-refractivity contribution is 6.15. The second-order valence-electron chi connectivity index (χ2n) is 7.82. The molecule has 3 amide bonds. The number of carbonyl (C=O) groups is 3. The summed E-state index contributed by atoms with van der Waals surface area (Å²) in [5.74, 6) is -0.795. The van der Waals surface area contributed by atoms with Gasteiger partial charge >= 0.3 is 0 Å². The van der Waals surface area contributed by atoms with Gasteiger partial charge in [-0.1, -0.05) is 42.5 Å². The van der Waals surface area contributed by atoms with Gasteiger partial charge in [0.25, 0.3) is 11.8 Å². The van der Waals surface area contributed by atoms with Crippen LogP contribution in [0.1, 0.15) is 22.0 Å². The lowest BCUT2D eigenvalue weighted by Crippen LogP contribution is -2.42. The van der Waals surface area contributed by atoms with Gasteiger partial charge in [0.15, 0.2) is 6.04 Å². The Bertz CT molecular complexity index is 1330. The number of hydrogen-bond acceptors (Lipinski definition) is 4. The number of benzene rings is 3. The minimum atomic E-state index is -0.638. The van der Waals surface area contributed by atoms with Crippen molar-refractivity contribution in [2.75, 3.05) is 22.1 Å². The predicted octanol–water partition coefficient (Wildman–Crippen LogP) is 3.71. The Labute approximate surface area is 195 Å². The minimum Gasteiger partial charge on any atom is -0.324 e. The van der Waals surface area contributed by atoms with Crippen molar-refractivity contribution in [1.82, 2.24) is 9.78 Å². The second-order valence-corrected chi connectivity index (χ2v) is 7.82. The quantitative estimate of drug-likeness (QED) is 0.484. The lowest BCUT2D eigenvalue weighted by atomic mass is 10.1. The van der Waals surface area contributed by atoms with Crippen molar-refractivity contribution in [2.24, 2.45) is 0 Å². The van der Waals surface area contributed by atoms with Gasteiger partial charge in [-0.2, -0.15) is 5.10 Å². The topological polar surface area (TPSA) is 96.3 Å². The van der Waals surface area contributed by atoms with Crippen LogP contribution >= 0.6 is 0 Å². The molecule has 34 heavy (non-hydrogen) atoms. The summed E-state index contributed by atoms with van der Waals surface area (Å²) in [7, 11) is 0. The number of nitrogens with zero attached hydrogens (tertiary/aromatic N) is 3. The molecular weight excluding hydrogens is 430 g/mol. The zero-order valence-corrected chi connectivity index (χ0v) is 18.1. The fourth-order valence-corrected chi connectivity index (χ4v) is 3.97. The number of anilines is 3. The molecule has 1 unspecified atom stereocenters. The van der Waals surface area contributed by atoms with Crippen LogP contribution in [0.4, 0.5) is 17.1 Å². The fourth-order valence-electron chi connectivity index (χ4n) is 3.97. The lowest BCUT2D eigenvalue weighted by Gasteiger charge is -2.29. The fraction of sp³-hybridized carbons (Fsp3) is 0.0769. The summed E-state index contributed by atoms with van der Waals surface area (Å²) in [4.78, 5) is 39.8. The van der Waals surface area contributed by atoms with Gasteiger partial charge in [0.2, 0.25) is 5.91 Å². The smallest absolute Gasteiger partial charge is 0.258 e. The van der Waals surface area contributed by atoms with E-state index in [0.717, 1.165) is 5.56 Å². The average Bonchev–Trinajstić information content (AvgIpc) is 3.38. The number of carbonyl (C=O) groups excluding carboxylic acids is 3. The van der Waals surface area contributed by atoms with Crippen LogP contribution in [0, 0.1) is 0 Å².